The molecule has 0 bridgehead atoms. The quantitative estimate of drug-likeness (QED) is 0.517. The topological polar surface area (TPSA) is 103 Å². The van der Waals surface area contributed by atoms with Crippen LogP contribution in [0.3, 0.4) is 0 Å². The largest absolute Gasteiger partial charge is 0.497 e. The fraction of sp³-hybridized carbons (Fsp3) is 0.318. The molecular formula is C22H20F3N3O5S. The summed E-state index contributed by atoms with van der Waals surface area (Å²) in [5.41, 5.74) is 0.976. The lowest BCUT2D eigenvalue weighted by Gasteiger charge is -2.17. The highest BCUT2D eigenvalue weighted by Crippen LogP contribution is 2.30. The molecule has 0 radical (unpaired) electrons. The Morgan fingerprint density at radius 1 is 1.15 bits per heavy atom. The molecule has 1 atom stereocenters. The Bertz CT molecular complexity index is 1270. The molecule has 1 fully saturated rings. The summed E-state index contributed by atoms with van der Waals surface area (Å²) in [7, 11) is -2.21. The number of nitrogens with zero attached hydrogens (tertiary/aromatic N) is 3. The van der Waals surface area contributed by atoms with Crippen LogP contribution in [0.2, 0.25) is 0 Å². The van der Waals surface area contributed by atoms with Crippen LogP contribution in [0, 0.1) is 0 Å². The van der Waals surface area contributed by atoms with Gasteiger partial charge in [0.05, 0.1) is 23.7 Å². The molecule has 34 heavy (non-hydrogen) atoms. The molecule has 1 aromatic heterocycles. The van der Waals surface area contributed by atoms with Gasteiger partial charge in [-0.3, -0.25) is 4.79 Å². The van der Waals surface area contributed by atoms with E-state index in [2.05, 4.69) is 14.7 Å². The number of hydrogen-bond acceptors (Lipinski definition) is 7. The van der Waals surface area contributed by atoms with Gasteiger partial charge in [-0.05, 0) is 48.4 Å². The van der Waals surface area contributed by atoms with Gasteiger partial charge in [0.2, 0.25) is 11.7 Å². The number of aromatic nitrogens is 2. The second-order valence-corrected chi connectivity index (χ2v) is 9.99. The summed E-state index contributed by atoms with van der Waals surface area (Å²) in [4.78, 5) is 17.5. The second kappa shape index (κ2) is 9.09. The van der Waals surface area contributed by atoms with E-state index in [1.54, 1.807) is 31.4 Å². The Morgan fingerprint density at radius 3 is 2.41 bits per heavy atom. The Kier molecular flexibility index (Phi) is 6.34. The zero-order valence-corrected chi connectivity index (χ0v) is 18.8. The van der Waals surface area contributed by atoms with Crippen molar-refractivity contribution in [2.24, 2.45) is 0 Å². The maximum absolute atomic E-state index is 13.1. The molecule has 0 aliphatic carbocycles. The van der Waals surface area contributed by atoms with E-state index in [-0.39, 0.29) is 41.6 Å². The van der Waals surface area contributed by atoms with E-state index >= 15 is 0 Å². The van der Waals surface area contributed by atoms with Crippen molar-refractivity contribution in [3.63, 3.8) is 0 Å². The van der Waals surface area contributed by atoms with Crippen molar-refractivity contribution in [3.05, 3.63) is 60.0 Å². The first-order chi connectivity index (χ1) is 16.1. The SMILES string of the molecule is COc1ccc(CC(=O)N2CC[C@H](S(=O)(=O)c3ccc(-c4noc(C(F)(F)F)n4)cc3)C2)cc1. The number of ether oxygens (including phenoxy) is 1. The van der Waals surface area contributed by atoms with E-state index in [9.17, 15) is 26.4 Å². The fourth-order valence-electron chi connectivity index (χ4n) is 3.68. The average molecular weight is 495 g/mol. The van der Waals surface area contributed by atoms with Gasteiger partial charge in [0, 0.05) is 18.7 Å². The van der Waals surface area contributed by atoms with E-state index < -0.39 is 27.2 Å². The van der Waals surface area contributed by atoms with Crippen molar-refractivity contribution in [1.29, 1.82) is 0 Å². The van der Waals surface area contributed by atoms with Crippen molar-refractivity contribution in [1.82, 2.24) is 15.0 Å². The number of carbonyl (C=O) groups excluding carboxylic acids is 1. The molecule has 2 aromatic carbocycles. The predicted molar refractivity (Wildman–Crippen MR) is 114 cm³/mol. The predicted octanol–water partition coefficient (Wildman–Crippen LogP) is 3.38. The van der Waals surface area contributed by atoms with Crippen LogP contribution < -0.4 is 4.74 Å². The van der Waals surface area contributed by atoms with Gasteiger partial charge in [0.15, 0.2) is 9.84 Å². The number of halogens is 3. The van der Waals surface area contributed by atoms with Gasteiger partial charge in [0.25, 0.3) is 0 Å². The van der Waals surface area contributed by atoms with Crippen molar-refractivity contribution < 1.29 is 35.6 Å². The number of methoxy groups -OCH3 is 1. The van der Waals surface area contributed by atoms with Crippen LogP contribution in [-0.2, 0) is 27.2 Å². The molecule has 180 valence electrons. The van der Waals surface area contributed by atoms with Crippen LogP contribution in [0.15, 0.2) is 57.9 Å². The highest BCUT2D eigenvalue weighted by atomic mass is 32.2. The Morgan fingerprint density at radius 2 is 1.82 bits per heavy atom. The van der Waals surface area contributed by atoms with Crippen LogP contribution in [-0.4, -0.2) is 54.8 Å². The maximum Gasteiger partial charge on any atom is 0.471 e. The first-order valence-corrected chi connectivity index (χ1v) is 11.8. The summed E-state index contributed by atoms with van der Waals surface area (Å²) in [6.45, 7) is 0.388. The number of hydrogen-bond donors (Lipinski definition) is 0. The number of benzene rings is 2. The second-order valence-electron chi connectivity index (χ2n) is 7.77. The van der Waals surface area contributed by atoms with E-state index in [0.717, 1.165) is 5.56 Å². The summed E-state index contributed by atoms with van der Waals surface area (Å²) in [5, 5.41) is 2.51. The minimum atomic E-state index is -4.77. The third-order valence-corrected chi connectivity index (χ3v) is 7.75. The fourth-order valence-corrected chi connectivity index (χ4v) is 5.37. The van der Waals surface area contributed by atoms with Crippen molar-refractivity contribution in [2.45, 2.75) is 29.2 Å². The molecule has 0 spiro atoms. The standard InChI is InChI=1S/C22H20F3N3O5S/c1-32-16-6-2-14(3-7-16)12-19(29)28-11-10-18(13-28)34(30,31)17-8-4-15(5-9-17)20-26-21(33-27-20)22(23,24)25/h2-9,18H,10-13H2,1H3/t18-/m0/s1. The number of carbonyl (C=O) groups is 1. The Balaban J connectivity index is 1.42. The van der Waals surface area contributed by atoms with Crippen LogP contribution in [0.4, 0.5) is 13.2 Å². The normalized spacial score (nSPS) is 16.6. The zero-order chi connectivity index (χ0) is 24.5. The molecule has 8 nitrogen and oxygen atoms in total. The monoisotopic (exact) mass is 495 g/mol. The third kappa shape index (κ3) is 4.91. The van der Waals surface area contributed by atoms with Crippen molar-refractivity contribution >= 4 is 15.7 Å². The minimum Gasteiger partial charge on any atom is -0.497 e. The minimum absolute atomic E-state index is 0.00485. The first-order valence-electron chi connectivity index (χ1n) is 10.2. The molecule has 3 aromatic rings. The van der Waals surface area contributed by atoms with Crippen molar-refractivity contribution in [3.8, 4) is 17.1 Å². The molecule has 4 rings (SSSR count). The van der Waals surface area contributed by atoms with Crippen LogP contribution >= 0.6 is 0 Å². The summed E-state index contributed by atoms with van der Waals surface area (Å²) in [6.07, 6.45) is -4.33. The number of rotatable bonds is 6. The molecule has 0 N–H and O–H groups in total. The van der Waals surface area contributed by atoms with Gasteiger partial charge in [-0.1, -0.05) is 17.3 Å². The maximum atomic E-state index is 13.1. The molecule has 1 aliphatic heterocycles. The smallest absolute Gasteiger partial charge is 0.471 e. The van der Waals surface area contributed by atoms with Gasteiger partial charge in [-0.2, -0.15) is 18.2 Å². The Labute approximate surface area is 193 Å². The van der Waals surface area contributed by atoms with Gasteiger partial charge in [0.1, 0.15) is 5.75 Å². The van der Waals surface area contributed by atoms with Gasteiger partial charge in [-0.25, -0.2) is 8.42 Å². The number of sulfone groups is 1. The van der Waals surface area contributed by atoms with Gasteiger partial charge in [-0.15, -0.1) is 0 Å². The van der Waals surface area contributed by atoms with Crippen LogP contribution in [0.5, 0.6) is 5.75 Å². The zero-order valence-electron chi connectivity index (χ0n) is 17.9. The van der Waals surface area contributed by atoms with E-state index in [4.69, 9.17) is 4.74 Å². The summed E-state index contributed by atoms with van der Waals surface area (Å²) in [5.74, 6) is -1.28. The van der Waals surface area contributed by atoms with E-state index in [1.165, 1.54) is 29.2 Å². The molecule has 2 heterocycles. The summed E-state index contributed by atoms with van der Waals surface area (Å²) in [6, 6.07) is 12.3. The van der Waals surface area contributed by atoms with Gasteiger partial charge >= 0.3 is 12.1 Å². The van der Waals surface area contributed by atoms with Crippen LogP contribution in [0.25, 0.3) is 11.4 Å². The molecule has 12 heteroatoms. The average Bonchev–Trinajstić information content (AvgIpc) is 3.50. The Hall–Kier alpha value is -3.41. The van der Waals surface area contributed by atoms with Gasteiger partial charge < -0.3 is 14.2 Å². The molecule has 1 amide bonds. The molecule has 0 saturated carbocycles. The summed E-state index contributed by atoms with van der Waals surface area (Å²) < 4.78 is 73.4. The number of likely N-dealkylation sites (tertiary alicyclic amines) is 1. The lowest BCUT2D eigenvalue weighted by Crippen LogP contribution is -2.32. The van der Waals surface area contributed by atoms with Crippen LogP contribution in [0.1, 0.15) is 17.9 Å². The van der Waals surface area contributed by atoms with Crippen molar-refractivity contribution in [2.75, 3.05) is 20.2 Å². The van der Waals surface area contributed by atoms with E-state index in [1.807, 2.05) is 0 Å². The molecule has 0 unspecified atom stereocenters. The lowest BCUT2D eigenvalue weighted by molar-refractivity contribution is -0.159. The number of amides is 1. The first kappa shape index (κ1) is 23.7. The summed E-state index contributed by atoms with van der Waals surface area (Å²) >= 11 is 0. The number of alkyl halides is 3. The van der Waals surface area contributed by atoms with E-state index in [0.29, 0.717) is 12.3 Å². The molecule has 1 aliphatic rings. The highest BCUT2D eigenvalue weighted by Gasteiger charge is 2.39. The lowest BCUT2D eigenvalue weighted by atomic mass is 10.1. The highest BCUT2D eigenvalue weighted by molar-refractivity contribution is 7.92. The molecular weight excluding hydrogens is 475 g/mol. The third-order valence-electron chi connectivity index (χ3n) is 5.56. The molecule has 1 saturated heterocycles.